The van der Waals surface area contributed by atoms with Crippen LogP contribution < -0.4 is 19.5 Å². The number of nitrogens with one attached hydrogen (secondary N) is 1. The molecule has 31 heavy (non-hydrogen) atoms. The Labute approximate surface area is 182 Å². The summed E-state index contributed by atoms with van der Waals surface area (Å²) in [5.41, 5.74) is 3.72. The molecule has 1 unspecified atom stereocenters. The minimum Gasteiger partial charge on any atom is -0.493 e. The molecule has 1 aliphatic heterocycles. The summed E-state index contributed by atoms with van der Waals surface area (Å²) in [6.07, 6.45) is 0. The van der Waals surface area contributed by atoms with Crippen LogP contribution in [0.5, 0.6) is 17.2 Å². The molecule has 1 N–H and O–H groups in total. The van der Waals surface area contributed by atoms with E-state index >= 15 is 0 Å². The number of carbonyl (C=O) groups excluding carboxylic acids is 1. The van der Waals surface area contributed by atoms with E-state index in [1.165, 1.54) is 21.3 Å². The fourth-order valence-electron chi connectivity index (χ4n) is 3.62. The van der Waals surface area contributed by atoms with Crippen LogP contribution in [-0.2, 0) is 22.3 Å². The fourth-order valence-corrected chi connectivity index (χ4v) is 4.89. The van der Waals surface area contributed by atoms with Crippen molar-refractivity contribution in [2.24, 2.45) is 0 Å². The molecule has 0 aliphatic carbocycles. The predicted molar refractivity (Wildman–Crippen MR) is 118 cm³/mol. The van der Waals surface area contributed by atoms with Crippen molar-refractivity contribution in [2.45, 2.75) is 18.4 Å². The Hall–Kier alpha value is -3.33. The van der Waals surface area contributed by atoms with Crippen molar-refractivity contribution < 1.29 is 23.2 Å². The van der Waals surface area contributed by atoms with Crippen LogP contribution in [0.2, 0.25) is 0 Å². The average Bonchev–Trinajstić information content (AvgIpc) is 3.29. The van der Waals surface area contributed by atoms with Crippen LogP contribution in [0, 0.1) is 6.92 Å². The van der Waals surface area contributed by atoms with Gasteiger partial charge in [-0.25, -0.2) is 4.68 Å². The van der Waals surface area contributed by atoms with Gasteiger partial charge in [0.1, 0.15) is 5.82 Å². The number of rotatable bonds is 6. The smallest absolute Gasteiger partial charge is 0.257 e. The first-order valence-electron chi connectivity index (χ1n) is 9.60. The summed E-state index contributed by atoms with van der Waals surface area (Å²) in [5, 5.41) is 7.62. The number of benzene rings is 2. The van der Waals surface area contributed by atoms with Crippen LogP contribution >= 0.6 is 0 Å². The van der Waals surface area contributed by atoms with Crippen LogP contribution in [-0.4, -0.2) is 41.2 Å². The molecular weight excluding hydrogens is 418 g/mol. The molecule has 9 heteroatoms. The van der Waals surface area contributed by atoms with Gasteiger partial charge in [-0.2, -0.15) is 5.10 Å². The zero-order valence-electron chi connectivity index (χ0n) is 17.7. The highest BCUT2D eigenvalue weighted by Crippen LogP contribution is 2.39. The molecular formula is C22H23N3O5S. The van der Waals surface area contributed by atoms with Gasteiger partial charge in [-0.3, -0.25) is 9.00 Å². The lowest BCUT2D eigenvalue weighted by atomic mass is 10.1. The molecule has 2 heterocycles. The quantitative estimate of drug-likeness (QED) is 0.632. The zero-order valence-corrected chi connectivity index (χ0v) is 18.5. The number of carbonyl (C=O) groups is 1. The minimum atomic E-state index is -1.03. The average molecular weight is 442 g/mol. The maximum Gasteiger partial charge on any atom is 0.257 e. The number of hydrogen-bond acceptors (Lipinski definition) is 6. The SMILES string of the molecule is COc1cc(C(=O)Nc2c3c(nn2-c2ccccc2C)CS(=O)C3)cc(OC)c1OC. The molecule has 8 nitrogen and oxygen atoms in total. The number of anilines is 1. The summed E-state index contributed by atoms with van der Waals surface area (Å²) in [5.74, 6) is 2.05. The highest BCUT2D eigenvalue weighted by atomic mass is 32.2. The summed E-state index contributed by atoms with van der Waals surface area (Å²) in [6, 6.07) is 10.9. The normalized spacial score (nSPS) is 14.8. The molecule has 0 saturated carbocycles. The fraction of sp³-hybridized carbons (Fsp3) is 0.273. The third-order valence-electron chi connectivity index (χ3n) is 5.17. The van der Waals surface area contributed by atoms with E-state index < -0.39 is 10.8 Å². The van der Waals surface area contributed by atoms with Crippen molar-refractivity contribution >= 4 is 22.5 Å². The van der Waals surface area contributed by atoms with E-state index in [0.29, 0.717) is 40.1 Å². The molecule has 2 aromatic carbocycles. The largest absolute Gasteiger partial charge is 0.493 e. The van der Waals surface area contributed by atoms with E-state index in [1.54, 1.807) is 16.8 Å². The van der Waals surface area contributed by atoms with Gasteiger partial charge < -0.3 is 19.5 Å². The summed E-state index contributed by atoms with van der Waals surface area (Å²) >= 11 is 0. The molecule has 0 fully saturated rings. The van der Waals surface area contributed by atoms with E-state index in [9.17, 15) is 9.00 Å². The van der Waals surface area contributed by atoms with Gasteiger partial charge in [0, 0.05) is 21.9 Å². The van der Waals surface area contributed by atoms with E-state index in [1.807, 2.05) is 31.2 Å². The molecule has 162 valence electrons. The van der Waals surface area contributed by atoms with Crippen molar-refractivity contribution in [1.29, 1.82) is 0 Å². The lowest BCUT2D eigenvalue weighted by molar-refractivity contribution is 0.102. The number of para-hydroxylation sites is 1. The van der Waals surface area contributed by atoms with Gasteiger partial charge in [-0.15, -0.1) is 0 Å². The molecule has 4 rings (SSSR count). The number of hydrogen-bond donors (Lipinski definition) is 1. The molecule has 1 amide bonds. The van der Waals surface area contributed by atoms with E-state index in [0.717, 1.165) is 22.5 Å². The van der Waals surface area contributed by atoms with Crippen molar-refractivity contribution in [2.75, 3.05) is 26.6 Å². The van der Waals surface area contributed by atoms with Crippen molar-refractivity contribution in [1.82, 2.24) is 9.78 Å². The molecule has 0 bridgehead atoms. The predicted octanol–water partition coefficient (Wildman–Crippen LogP) is 3.22. The first-order valence-corrected chi connectivity index (χ1v) is 11.1. The Kier molecular flexibility index (Phi) is 5.69. The highest BCUT2D eigenvalue weighted by Gasteiger charge is 2.29. The summed E-state index contributed by atoms with van der Waals surface area (Å²) in [4.78, 5) is 13.2. The van der Waals surface area contributed by atoms with Crippen molar-refractivity contribution in [3.63, 3.8) is 0 Å². The van der Waals surface area contributed by atoms with Crippen LogP contribution in [0.25, 0.3) is 5.69 Å². The monoisotopic (exact) mass is 441 g/mol. The van der Waals surface area contributed by atoms with Crippen molar-refractivity contribution in [3.8, 4) is 22.9 Å². The molecule has 0 spiro atoms. The summed E-state index contributed by atoms with van der Waals surface area (Å²) in [7, 11) is 3.47. The maximum atomic E-state index is 13.2. The number of methoxy groups -OCH3 is 3. The molecule has 3 aromatic rings. The molecule has 0 saturated heterocycles. The van der Waals surface area contributed by atoms with Gasteiger partial charge in [-0.1, -0.05) is 18.2 Å². The third kappa shape index (κ3) is 3.76. The summed E-state index contributed by atoms with van der Waals surface area (Å²) in [6.45, 7) is 1.98. The Morgan fingerprint density at radius 1 is 1.06 bits per heavy atom. The molecule has 0 radical (unpaired) electrons. The lowest BCUT2D eigenvalue weighted by Crippen LogP contribution is -2.17. The van der Waals surface area contributed by atoms with Gasteiger partial charge in [0.25, 0.3) is 5.91 Å². The summed E-state index contributed by atoms with van der Waals surface area (Å²) < 4.78 is 29.9. The van der Waals surface area contributed by atoms with Gasteiger partial charge >= 0.3 is 0 Å². The zero-order chi connectivity index (χ0) is 22.1. The number of aryl methyl sites for hydroxylation is 1. The van der Waals surface area contributed by atoms with Crippen LogP contribution in [0.1, 0.15) is 27.2 Å². The third-order valence-corrected chi connectivity index (χ3v) is 6.38. The number of ether oxygens (including phenoxy) is 3. The van der Waals surface area contributed by atoms with Crippen molar-refractivity contribution in [3.05, 3.63) is 58.8 Å². The second-order valence-corrected chi connectivity index (χ2v) is 8.53. The lowest BCUT2D eigenvalue weighted by Gasteiger charge is -2.15. The van der Waals surface area contributed by atoms with Gasteiger partial charge in [-0.05, 0) is 30.7 Å². The van der Waals surface area contributed by atoms with Gasteiger partial charge in [0.2, 0.25) is 5.75 Å². The maximum absolute atomic E-state index is 13.2. The second kappa shape index (κ2) is 8.43. The first kappa shape index (κ1) is 20.9. The Morgan fingerprint density at radius 3 is 2.35 bits per heavy atom. The van der Waals surface area contributed by atoms with Crippen LogP contribution in [0.4, 0.5) is 5.82 Å². The number of aromatic nitrogens is 2. The Balaban J connectivity index is 1.77. The topological polar surface area (TPSA) is 91.7 Å². The first-order chi connectivity index (χ1) is 15.0. The molecule has 1 aromatic heterocycles. The van der Waals surface area contributed by atoms with E-state index in [2.05, 4.69) is 10.4 Å². The van der Waals surface area contributed by atoms with Crippen LogP contribution in [0.3, 0.4) is 0 Å². The van der Waals surface area contributed by atoms with E-state index in [-0.39, 0.29) is 5.91 Å². The van der Waals surface area contributed by atoms with Gasteiger partial charge in [0.15, 0.2) is 11.5 Å². The number of amides is 1. The highest BCUT2D eigenvalue weighted by molar-refractivity contribution is 7.83. The van der Waals surface area contributed by atoms with Crippen LogP contribution in [0.15, 0.2) is 36.4 Å². The van der Waals surface area contributed by atoms with E-state index in [4.69, 9.17) is 14.2 Å². The number of nitrogens with zero attached hydrogens (tertiary/aromatic N) is 2. The minimum absolute atomic E-state index is 0.333. The second-order valence-electron chi connectivity index (χ2n) is 7.07. The standard InChI is InChI=1S/C22H23N3O5S/c1-13-7-5-6-8-17(13)25-21(15-11-31(27)12-16(15)24-25)23-22(26)14-9-18(28-2)20(30-4)19(10-14)29-3/h5-10H,11-12H2,1-4H3,(H,23,26). The molecule has 1 atom stereocenters. The molecule has 1 aliphatic rings. The Morgan fingerprint density at radius 2 is 1.74 bits per heavy atom. The van der Waals surface area contributed by atoms with Gasteiger partial charge in [0.05, 0.1) is 44.2 Å². The Bertz CT molecular complexity index is 1160. The number of fused-ring (bicyclic) bond motifs is 1.